The predicted octanol–water partition coefficient (Wildman–Crippen LogP) is 2.05. The number of carbonyl (C=O) groups is 3. The van der Waals surface area contributed by atoms with Crippen molar-refractivity contribution in [3.8, 4) is 5.75 Å². The number of ketones is 1. The second kappa shape index (κ2) is 7.63. The molecule has 7 nitrogen and oxygen atoms in total. The van der Waals surface area contributed by atoms with E-state index in [1.165, 1.54) is 26.2 Å². The molecule has 2 aliphatic heterocycles. The van der Waals surface area contributed by atoms with Gasteiger partial charge in [-0.15, -0.1) is 0 Å². The molecule has 0 aromatic heterocycles. The first kappa shape index (κ1) is 18.7. The normalized spacial score (nSPS) is 24.7. The number of amides is 2. The summed E-state index contributed by atoms with van der Waals surface area (Å²) in [5.41, 5.74) is 0.637. The smallest absolute Gasteiger partial charge is 0.256 e. The minimum Gasteiger partial charge on any atom is -0.496 e. The van der Waals surface area contributed by atoms with E-state index in [4.69, 9.17) is 16.3 Å². The third-order valence-electron chi connectivity index (χ3n) is 4.89. The molecule has 3 rings (SSSR count). The number of carbonyl (C=O) groups excluding carboxylic acids is 3. The highest BCUT2D eigenvalue weighted by Gasteiger charge is 2.37. The number of anilines is 1. The third kappa shape index (κ3) is 3.83. The number of piperidine rings is 2. The maximum absolute atomic E-state index is 12.8. The van der Waals surface area contributed by atoms with Crippen LogP contribution in [0.4, 0.5) is 5.69 Å². The largest absolute Gasteiger partial charge is 0.496 e. The summed E-state index contributed by atoms with van der Waals surface area (Å²) in [6.45, 7) is 2.94. The van der Waals surface area contributed by atoms with Crippen LogP contribution in [-0.2, 0) is 9.59 Å². The van der Waals surface area contributed by atoms with E-state index in [0.717, 1.165) is 19.4 Å². The van der Waals surface area contributed by atoms with Crippen molar-refractivity contribution in [2.45, 2.75) is 32.4 Å². The molecule has 0 aliphatic carbocycles. The van der Waals surface area contributed by atoms with Crippen LogP contribution in [0.3, 0.4) is 0 Å². The van der Waals surface area contributed by atoms with Crippen molar-refractivity contribution in [2.75, 3.05) is 25.5 Å². The average molecular weight is 380 g/mol. The van der Waals surface area contributed by atoms with Crippen LogP contribution >= 0.6 is 11.6 Å². The molecule has 2 bridgehead atoms. The Morgan fingerprint density at radius 3 is 2.81 bits per heavy atom. The van der Waals surface area contributed by atoms with Crippen molar-refractivity contribution >= 4 is 34.9 Å². The molecule has 3 atom stereocenters. The number of Topliss-reactive ketones (excluding diaryl/α,β-unsaturated/α-hetero) is 1. The molecule has 0 spiro atoms. The Morgan fingerprint density at radius 1 is 1.35 bits per heavy atom. The van der Waals surface area contributed by atoms with Gasteiger partial charge in [-0.05, 0) is 18.9 Å². The van der Waals surface area contributed by atoms with E-state index in [-0.39, 0.29) is 40.3 Å². The lowest BCUT2D eigenvalue weighted by molar-refractivity contribution is -0.131. The Balaban J connectivity index is 1.80. The number of halogens is 1. The number of hydrogen-bond acceptors (Lipinski definition) is 5. The van der Waals surface area contributed by atoms with Gasteiger partial charge in [-0.3, -0.25) is 19.3 Å². The van der Waals surface area contributed by atoms with Gasteiger partial charge in [0.2, 0.25) is 5.91 Å². The highest BCUT2D eigenvalue weighted by atomic mass is 35.5. The van der Waals surface area contributed by atoms with Crippen molar-refractivity contribution in [3.05, 3.63) is 22.7 Å². The van der Waals surface area contributed by atoms with Gasteiger partial charge < -0.3 is 15.4 Å². The molecule has 2 fully saturated rings. The van der Waals surface area contributed by atoms with E-state index in [0.29, 0.717) is 24.4 Å². The Labute approximate surface area is 157 Å². The van der Waals surface area contributed by atoms with Crippen LogP contribution < -0.4 is 15.4 Å². The van der Waals surface area contributed by atoms with Gasteiger partial charge in [0.05, 0.1) is 29.5 Å². The summed E-state index contributed by atoms with van der Waals surface area (Å²) in [6.07, 6.45) is 1.90. The SMILES string of the molecule is COc1cc(NC(C)=O)c(Cl)cc1C(=O)NC1CC(=O)C2CCCN1C2. The molecule has 2 aliphatic rings. The summed E-state index contributed by atoms with van der Waals surface area (Å²) in [5, 5.41) is 5.76. The highest BCUT2D eigenvalue weighted by molar-refractivity contribution is 6.34. The zero-order chi connectivity index (χ0) is 18.8. The summed E-state index contributed by atoms with van der Waals surface area (Å²) in [6, 6.07) is 2.98. The molecule has 26 heavy (non-hydrogen) atoms. The van der Waals surface area contributed by atoms with Gasteiger partial charge in [-0.25, -0.2) is 0 Å². The molecule has 140 valence electrons. The Bertz CT molecular complexity index is 752. The molecule has 1 aromatic rings. The number of rotatable bonds is 4. The van der Waals surface area contributed by atoms with Crippen LogP contribution in [0.2, 0.25) is 5.02 Å². The molecule has 0 saturated carbocycles. The fourth-order valence-corrected chi connectivity index (χ4v) is 3.81. The maximum atomic E-state index is 12.8. The lowest BCUT2D eigenvalue weighted by Crippen LogP contribution is -2.57. The first-order valence-corrected chi connectivity index (χ1v) is 8.99. The van der Waals surface area contributed by atoms with E-state index in [1.54, 1.807) is 0 Å². The molecule has 0 radical (unpaired) electrons. The second-order valence-electron chi connectivity index (χ2n) is 6.71. The predicted molar refractivity (Wildman–Crippen MR) is 97.5 cm³/mol. The molecule has 2 N–H and O–H groups in total. The van der Waals surface area contributed by atoms with Crippen molar-refractivity contribution in [1.29, 1.82) is 0 Å². The summed E-state index contributed by atoms with van der Waals surface area (Å²) in [5.74, 6) is -0.0316. The molecule has 2 saturated heterocycles. The van der Waals surface area contributed by atoms with Crippen molar-refractivity contribution in [3.63, 3.8) is 0 Å². The van der Waals surface area contributed by atoms with Gasteiger partial charge in [-0.1, -0.05) is 11.6 Å². The van der Waals surface area contributed by atoms with Crippen LogP contribution in [-0.4, -0.2) is 48.9 Å². The van der Waals surface area contributed by atoms with Crippen molar-refractivity contribution in [2.24, 2.45) is 5.92 Å². The standard InChI is InChI=1S/C18H22ClN3O4/c1-10(23)20-14-7-16(26-2)12(6-13(14)19)18(25)21-17-8-15(24)11-4-3-5-22(17)9-11/h6-7,11,17H,3-5,8-9H2,1-2H3,(H,20,23)(H,21,25). The van der Waals surface area contributed by atoms with E-state index in [2.05, 4.69) is 15.5 Å². The van der Waals surface area contributed by atoms with E-state index in [1.807, 2.05) is 0 Å². The van der Waals surface area contributed by atoms with Crippen LogP contribution in [0.1, 0.15) is 36.5 Å². The van der Waals surface area contributed by atoms with Crippen LogP contribution in [0.15, 0.2) is 12.1 Å². The number of nitrogens with zero attached hydrogens (tertiary/aromatic N) is 1. The number of hydrogen-bond donors (Lipinski definition) is 2. The zero-order valence-electron chi connectivity index (χ0n) is 14.8. The zero-order valence-corrected chi connectivity index (χ0v) is 15.6. The third-order valence-corrected chi connectivity index (χ3v) is 5.20. The fraction of sp³-hybridized carbons (Fsp3) is 0.500. The van der Waals surface area contributed by atoms with Gasteiger partial charge in [0.15, 0.2) is 0 Å². The molecular weight excluding hydrogens is 358 g/mol. The lowest BCUT2D eigenvalue weighted by atomic mass is 9.87. The molecule has 2 amide bonds. The first-order chi connectivity index (χ1) is 12.4. The minimum atomic E-state index is -0.361. The molecule has 1 aromatic carbocycles. The van der Waals surface area contributed by atoms with Crippen molar-refractivity contribution < 1.29 is 19.1 Å². The van der Waals surface area contributed by atoms with Gasteiger partial charge in [0, 0.05) is 38.4 Å². The van der Waals surface area contributed by atoms with Gasteiger partial charge in [0.25, 0.3) is 5.91 Å². The number of methoxy groups -OCH3 is 1. The fourth-order valence-electron chi connectivity index (χ4n) is 3.60. The molecular formula is C18H22ClN3O4. The van der Waals surface area contributed by atoms with Gasteiger partial charge in [-0.2, -0.15) is 0 Å². The van der Waals surface area contributed by atoms with E-state index in [9.17, 15) is 14.4 Å². The molecule has 3 unspecified atom stereocenters. The maximum Gasteiger partial charge on any atom is 0.256 e. The lowest BCUT2D eigenvalue weighted by Gasteiger charge is -2.42. The van der Waals surface area contributed by atoms with E-state index < -0.39 is 0 Å². The van der Waals surface area contributed by atoms with Crippen LogP contribution in [0.25, 0.3) is 0 Å². The number of fused-ring (bicyclic) bond motifs is 2. The second-order valence-corrected chi connectivity index (χ2v) is 7.11. The highest BCUT2D eigenvalue weighted by Crippen LogP contribution is 2.32. The number of benzene rings is 1. The summed E-state index contributed by atoms with van der Waals surface area (Å²) >= 11 is 6.18. The quantitative estimate of drug-likeness (QED) is 0.836. The van der Waals surface area contributed by atoms with Gasteiger partial charge in [0.1, 0.15) is 11.5 Å². The number of ether oxygens (including phenoxy) is 1. The topological polar surface area (TPSA) is 87.7 Å². The summed E-state index contributed by atoms with van der Waals surface area (Å²) in [7, 11) is 1.44. The van der Waals surface area contributed by atoms with E-state index >= 15 is 0 Å². The molecule has 2 heterocycles. The average Bonchev–Trinajstić information content (AvgIpc) is 2.61. The Kier molecular flexibility index (Phi) is 5.48. The minimum absolute atomic E-state index is 0.0952. The first-order valence-electron chi connectivity index (χ1n) is 8.61. The van der Waals surface area contributed by atoms with Crippen LogP contribution in [0, 0.1) is 5.92 Å². The number of nitrogens with one attached hydrogen (secondary N) is 2. The van der Waals surface area contributed by atoms with Crippen LogP contribution in [0.5, 0.6) is 5.75 Å². The Hall–Kier alpha value is -2.12. The van der Waals surface area contributed by atoms with Gasteiger partial charge >= 0.3 is 0 Å². The monoisotopic (exact) mass is 379 g/mol. The van der Waals surface area contributed by atoms with Crippen molar-refractivity contribution in [1.82, 2.24) is 10.2 Å². The molecule has 8 heteroatoms. The summed E-state index contributed by atoms with van der Waals surface area (Å²) in [4.78, 5) is 38.4. The Morgan fingerprint density at radius 2 is 2.12 bits per heavy atom. The summed E-state index contributed by atoms with van der Waals surface area (Å²) < 4.78 is 5.28.